The van der Waals surface area contributed by atoms with Gasteiger partial charge in [-0.05, 0) is 11.6 Å². The van der Waals surface area contributed by atoms with Crippen LogP contribution < -0.4 is 19.5 Å². The molecule has 1 aromatic carbocycles. The number of urea groups is 1. The molecule has 0 saturated carbocycles. The normalized spacial score (nSPS) is 12.1. The van der Waals surface area contributed by atoms with Gasteiger partial charge in [0.1, 0.15) is 5.56 Å². The number of methoxy groups -OCH3 is 2. The Morgan fingerprint density at radius 3 is 2.37 bits per heavy atom. The largest absolute Gasteiger partial charge is 0.481 e. The molecule has 12 heteroatoms. The zero-order valence-corrected chi connectivity index (χ0v) is 15.9. The SMILES string of the molecule is COc1cc(OC)nc(NC(=O)NS(=O)(=O)c2ccccc2CC(O)Cl)n1. The monoisotopic (exact) mass is 416 g/mol. The van der Waals surface area contributed by atoms with Crippen LogP contribution in [0.1, 0.15) is 5.56 Å². The number of anilines is 1. The summed E-state index contributed by atoms with van der Waals surface area (Å²) in [6, 6.07) is 6.12. The van der Waals surface area contributed by atoms with Crippen molar-refractivity contribution in [3.63, 3.8) is 0 Å². The van der Waals surface area contributed by atoms with E-state index in [1.54, 1.807) is 6.07 Å². The predicted molar refractivity (Wildman–Crippen MR) is 96.5 cm³/mol. The summed E-state index contributed by atoms with van der Waals surface area (Å²) in [4.78, 5) is 19.6. The number of aliphatic hydroxyl groups is 1. The molecule has 0 radical (unpaired) electrons. The molecule has 1 unspecified atom stereocenters. The fourth-order valence-corrected chi connectivity index (χ4v) is 3.41. The van der Waals surface area contributed by atoms with Crippen LogP contribution in [0.25, 0.3) is 0 Å². The lowest BCUT2D eigenvalue weighted by Gasteiger charge is -2.12. The van der Waals surface area contributed by atoms with Crippen molar-refractivity contribution in [2.45, 2.75) is 16.9 Å². The van der Waals surface area contributed by atoms with E-state index in [4.69, 9.17) is 21.1 Å². The Labute approximate surface area is 160 Å². The number of carbonyl (C=O) groups is 1. The molecule has 0 aliphatic heterocycles. The number of alkyl halides is 1. The molecular weight excluding hydrogens is 400 g/mol. The Kier molecular flexibility index (Phi) is 6.77. The summed E-state index contributed by atoms with van der Waals surface area (Å²) in [5.41, 5.74) is -1.02. The van der Waals surface area contributed by atoms with Gasteiger partial charge in [-0.3, -0.25) is 5.32 Å². The lowest BCUT2D eigenvalue weighted by molar-refractivity contribution is 0.256. The molecule has 146 valence electrons. The van der Waals surface area contributed by atoms with E-state index in [-0.39, 0.29) is 34.6 Å². The first kappa shape index (κ1) is 20.7. The van der Waals surface area contributed by atoms with Gasteiger partial charge in [0.2, 0.25) is 17.7 Å². The van der Waals surface area contributed by atoms with Crippen molar-refractivity contribution in [2.75, 3.05) is 19.5 Å². The standard InChI is InChI=1S/C15H17ClN4O6S/c1-25-12-8-13(26-2)18-14(17-12)19-15(22)20-27(23,24)10-6-4-3-5-9(10)7-11(16)21/h3-6,8,11,21H,7H2,1-2H3,(H2,17,18,19,20,22). The first-order valence-corrected chi connectivity index (χ1v) is 9.38. The second-order valence-electron chi connectivity index (χ2n) is 5.08. The Morgan fingerprint density at radius 1 is 1.22 bits per heavy atom. The van der Waals surface area contributed by atoms with Gasteiger partial charge in [0, 0.05) is 6.42 Å². The van der Waals surface area contributed by atoms with Crippen LogP contribution >= 0.6 is 11.6 Å². The van der Waals surface area contributed by atoms with Crippen molar-refractivity contribution in [2.24, 2.45) is 0 Å². The zero-order chi connectivity index (χ0) is 20.0. The maximum Gasteiger partial charge on any atom is 0.335 e. The molecule has 1 aromatic heterocycles. The first-order chi connectivity index (χ1) is 12.7. The summed E-state index contributed by atoms with van der Waals surface area (Å²) in [5, 5.41) is 11.5. The van der Waals surface area contributed by atoms with Crippen LogP contribution in [0, 0.1) is 0 Å². The number of halogens is 1. The van der Waals surface area contributed by atoms with Gasteiger partial charge in [-0.25, -0.2) is 17.9 Å². The van der Waals surface area contributed by atoms with E-state index in [1.165, 1.54) is 38.5 Å². The highest BCUT2D eigenvalue weighted by Gasteiger charge is 2.22. The van der Waals surface area contributed by atoms with Gasteiger partial charge in [0.05, 0.1) is 25.2 Å². The molecule has 2 amide bonds. The molecule has 3 N–H and O–H groups in total. The molecule has 0 spiro atoms. The third-order valence-corrected chi connectivity index (χ3v) is 4.79. The van der Waals surface area contributed by atoms with Crippen LogP contribution in [0.5, 0.6) is 11.8 Å². The van der Waals surface area contributed by atoms with E-state index < -0.39 is 21.6 Å². The lowest BCUT2D eigenvalue weighted by Crippen LogP contribution is -2.35. The topological polar surface area (TPSA) is 140 Å². The molecule has 2 rings (SSSR count). The van der Waals surface area contributed by atoms with Crippen molar-refractivity contribution in [1.82, 2.24) is 14.7 Å². The van der Waals surface area contributed by atoms with Crippen molar-refractivity contribution in [1.29, 1.82) is 0 Å². The van der Waals surface area contributed by atoms with E-state index in [0.717, 1.165) is 0 Å². The highest BCUT2D eigenvalue weighted by atomic mass is 35.5. The van der Waals surface area contributed by atoms with Gasteiger partial charge in [-0.1, -0.05) is 29.8 Å². The quantitative estimate of drug-likeness (QED) is 0.570. The highest BCUT2D eigenvalue weighted by molar-refractivity contribution is 7.90. The number of nitrogens with one attached hydrogen (secondary N) is 2. The number of ether oxygens (including phenoxy) is 2. The number of carbonyl (C=O) groups excluding carboxylic acids is 1. The summed E-state index contributed by atoms with van der Waals surface area (Å²) >= 11 is 5.53. The molecule has 0 saturated heterocycles. The average molecular weight is 417 g/mol. The molecule has 0 bridgehead atoms. The smallest absolute Gasteiger partial charge is 0.335 e. The van der Waals surface area contributed by atoms with Crippen LogP contribution in [0.2, 0.25) is 0 Å². The van der Waals surface area contributed by atoms with E-state index in [1.807, 2.05) is 4.72 Å². The van der Waals surface area contributed by atoms with Gasteiger partial charge < -0.3 is 14.6 Å². The van der Waals surface area contributed by atoms with Crippen molar-refractivity contribution >= 4 is 33.6 Å². The maximum atomic E-state index is 12.5. The number of rotatable bonds is 7. The van der Waals surface area contributed by atoms with E-state index >= 15 is 0 Å². The summed E-state index contributed by atoms with van der Waals surface area (Å²) in [5.74, 6) is 0.00581. The number of sulfonamides is 1. The molecule has 2 aromatic rings. The zero-order valence-electron chi connectivity index (χ0n) is 14.3. The number of nitrogens with zero attached hydrogens (tertiary/aromatic N) is 2. The van der Waals surface area contributed by atoms with Crippen LogP contribution in [0.4, 0.5) is 10.7 Å². The van der Waals surface area contributed by atoms with Crippen LogP contribution in [0.15, 0.2) is 35.2 Å². The highest BCUT2D eigenvalue weighted by Crippen LogP contribution is 2.19. The van der Waals surface area contributed by atoms with Crippen LogP contribution in [-0.4, -0.2) is 49.3 Å². The summed E-state index contributed by atoms with van der Waals surface area (Å²) < 4.78 is 36.7. The Morgan fingerprint density at radius 2 is 1.81 bits per heavy atom. The number of aliphatic hydroxyl groups excluding tert-OH is 1. The first-order valence-electron chi connectivity index (χ1n) is 7.46. The minimum absolute atomic E-state index is 0.112. The van der Waals surface area contributed by atoms with Crippen molar-refractivity contribution in [3.05, 3.63) is 35.9 Å². The number of benzene rings is 1. The fraction of sp³-hybridized carbons (Fsp3) is 0.267. The second kappa shape index (κ2) is 8.84. The van der Waals surface area contributed by atoms with Crippen LogP contribution in [0.3, 0.4) is 0 Å². The minimum Gasteiger partial charge on any atom is -0.481 e. The number of amides is 2. The molecule has 0 fully saturated rings. The van der Waals surface area contributed by atoms with Gasteiger partial charge in [0.15, 0.2) is 0 Å². The third kappa shape index (κ3) is 5.67. The summed E-state index contributed by atoms with van der Waals surface area (Å²) in [7, 11) is -1.52. The van der Waals surface area contributed by atoms with Gasteiger partial charge in [-0.2, -0.15) is 9.97 Å². The Balaban J connectivity index is 2.20. The van der Waals surface area contributed by atoms with E-state index in [9.17, 15) is 18.3 Å². The minimum atomic E-state index is -4.24. The second-order valence-corrected chi connectivity index (χ2v) is 7.24. The molecule has 0 aliphatic rings. The predicted octanol–water partition coefficient (Wildman–Crippen LogP) is 1.10. The Hall–Kier alpha value is -2.63. The Bertz CT molecular complexity index is 900. The molecule has 27 heavy (non-hydrogen) atoms. The van der Waals surface area contributed by atoms with Crippen molar-refractivity contribution in [3.8, 4) is 11.8 Å². The van der Waals surface area contributed by atoms with E-state index in [0.29, 0.717) is 0 Å². The van der Waals surface area contributed by atoms with Gasteiger partial charge in [0.25, 0.3) is 10.0 Å². The maximum absolute atomic E-state index is 12.5. The number of aromatic nitrogens is 2. The fourth-order valence-electron chi connectivity index (χ4n) is 2.09. The number of hydrogen-bond acceptors (Lipinski definition) is 8. The van der Waals surface area contributed by atoms with Crippen molar-refractivity contribution < 1.29 is 27.8 Å². The molecular formula is C15H17ClN4O6S. The third-order valence-electron chi connectivity index (χ3n) is 3.20. The molecule has 10 nitrogen and oxygen atoms in total. The van der Waals surface area contributed by atoms with Gasteiger partial charge in [-0.15, -0.1) is 0 Å². The van der Waals surface area contributed by atoms with Crippen LogP contribution in [-0.2, 0) is 16.4 Å². The summed E-state index contributed by atoms with van der Waals surface area (Å²) in [6.45, 7) is 0. The molecule has 0 aliphatic carbocycles. The lowest BCUT2D eigenvalue weighted by atomic mass is 10.2. The summed E-state index contributed by atoms with van der Waals surface area (Å²) in [6.07, 6.45) is -0.115. The molecule has 1 atom stereocenters. The number of hydrogen-bond donors (Lipinski definition) is 3. The average Bonchev–Trinajstić information content (AvgIpc) is 2.60. The molecule has 1 heterocycles. The van der Waals surface area contributed by atoms with Gasteiger partial charge >= 0.3 is 6.03 Å². The van der Waals surface area contributed by atoms with E-state index in [2.05, 4.69) is 15.3 Å².